The maximum Gasteiger partial charge on any atom is 0.351 e. The lowest BCUT2D eigenvalue weighted by Crippen LogP contribution is -2.15. The molecule has 0 fully saturated rings. The molecule has 2 heterocycles. The monoisotopic (exact) mass is 504 g/mol. The van der Waals surface area contributed by atoms with E-state index < -0.39 is 11.9 Å². The Morgan fingerprint density at radius 1 is 1.23 bits per heavy atom. The van der Waals surface area contributed by atoms with Crippen LogP contribution in [0, 0.1) is 0 Å². The molecule has 0 unspecified atom stereocenters. The minimum atomic E-state index is -0.540. The molecule has 162 valence electrons. The maximum absolute atomic E-state index is 12.3. The van der Waals surface area contributed by atoms with E-state index in [1.54, 1.807) is 13.1 Å². The molecule has 1 aromatic carbocycles. The fraction of sp³-hybridized carbons (Fsp3) is 0.227. The number of nitrogens with zero attached hydrogens (tertiary/aromatic N) is 1. The van der Waals surface area contributed by atoms with Crippen LogP contribution in [0.5, 0.6) is 5.75 Å². The second kappa shape index (κ2) is 10.9. The molecule has 31 heavy (non-hydrogen) atoms. The quantitative estimate of drug-likeness (QED) is 0.414. The van der Waals surface area contributed by atoms with E-state index in [0.29, 0.717) is 11.0 Å². The van der Waals surface area contributed by atoms with Crippen LogP contribution in [-0.2, 0) is 20.8 Å². The fourth-order valence-corrected chi connectivity index (χ4v) is 4.72. The summed E-state index contributed by atoms with van der Waals surface area (Å²) in [5.41, 5.74) is 2.85. The Balaban J connectivity index is 1.86. The van der Waals surface area contributed by atoms with E-state index in [2.05, 4.69) is 26.2 Å². The first-order chi connectivity index (χ1) is 15.0. The highest BCUT2D eigenvalue weighted by molar-refractivity contribution is 9.10. The standard InChI is InChI=1S/C22H21BrN2O5S/c1-3-29-17(26)13-30-19-18(23)20(31-21(19)22(27)28-2)15-7-4-8-16(10-15)25-12-14-6-5-9-24-11-14/h4-11,25H,3,12-13H2,1-2H3. The molecule has 1 N–H and O–H groups in total. The third-order valence-electron chi connectivity index (χ3n) is 4.16. The van der Waals surface area contributed by atoms with Crippen molar-refractivity contribution in [3.63, 3.8) is 0 Å². The Morgan fingerprint density at radius 2 is 2.06 bits per heavy atom. The lowest BCUT2D eigenvalue weighted by atomic mass is 10.1. The Hall–Kier alpha value is -2.91. The van der Waals surface area contributed by atoms with Crippen LogP contribution in [0.3, 0.4) is 0 Å². The summed E-state index contributed by atoms with van der Waals surface area (Å²) in [4.78, 5) is 29.1. The van der Waals surface area contributed by atoms with Gasteiger partial charge in [0.25, 0.3) is 0 Å². The molecule has 3 aromatic rings. The number of halogens is 1. The van der Waals surface area contributed by atoms with Crippen molar-refractivity contribution in [2.45, 2.75) is 13.5 Å². The molecule has 0 atom stereocenters. The van der Waals surface area contributed by atoms with Gasteiger partial charge in [0, 0.05) is 24.6 Å². The van der Waals surface area contributed by atoms with Gasteiger partial charge in [0.1, 0.15) is 0 Å². The molecule has 2 aromatic heterocycles. The number of hydrogen-bond donors (Lipinski definition) is 1. The zero-order chi connectivity index (χ0) is 22.2. The van der Waals surface area contributed by atoms with Crippen LogP contribution in [-0.4, -0.2) is 37.2 Å². The lowest BCUT2D eigenvalue weighted by Gasteiger charge is -2.09. The van der Waals surface area contributed by atoms with Gasteiger partial charge in [0.2, 0.25) is 0 Å². The van der Waals surface area contributed by atoms with Crippen LogP contribution in [0.15, 0.2) is 53.3 Å². The van der Waals surface area contributed by atoms with E-state index in [1.807, 2.05) is 42.6 Å². The number of thiophene rings is 1. The summed E-state index contributed by atoms with van der Waals surface area (Å²) in [6.07, 6.45) is 3.54. The molecular formula is C22H21BrN2O5S. The normalized spacial score (nSPS) is 10.4. The molecule has 0 saturated heterocycles. The van der Waals surface area contributed by atoms with E-state index in [9.17, 15) is 9.59 Å². The molecule has 0 spiro atoms. The van der Waals surface area contributed by atoms with E-state index in [4.69, 9.17) is 14.2 Å². The first-order valence-corrected chi connectivity index (χ1v) is 11.1. The molecule has 9 heteroatoms. The topological polar surface area (TPSA) is 86.8 Å². The van der Waals surface area contributed by atoms with Gasteiger partial charge in [-0.3, -0.25) is 4.98 Å². The molecule has 7 nitrogen and oxygen atoms in total. The first kappa shape index (κ1) is 22.8. The smallest absolute Gasteiger partial charge is 0.351 e. The van der Waals surface area contributed by atoms with Gasteiger partial charge in [0.05, 0.1) is 23.1 Å². The largest absolute Gasteiger partial charge is 0.479 e. The van der Waals surface area contributed by atoms with Crippen LogP contribution in [0.2, 0.25) is 0 Å². The summed E-state index contributed by atoms with van der Waals surface area (Å²) in [6, 6.07) is 11.7. The molecule has 0 amide bonds. The molecule has 0 aliphatic carbocycles. The van der Waals surface area contributed by atoms with Gasteiger partial charge < -0.3 is 19.5 Å². The zero-order valence-electron chi connectivity index (χ0n) is 17.0. The van der Waals surface area contributed by atoms with Crippen LogP contribution in [0.4, 0.5) is 5.69 Å². The van der Waals surface area contributed by atoms with Gasteiger partial charge in [-0.1, -0.05) is 18.2 Å². The van der Waals surface area contributed by atoms with Crippen molar-refractivity contribution in [1.82, 2.24) is 4.98 Å². The van der Waals surface area contributed by atoms with Gasteiger partial charge in [-0.25, -0.2) is 9.59 Å². The third-order valence-corrected chi connectivity index (χ3v) is 6.38. The summed E-state index contributed by atoms with van der Waals surface area (Å²) in [5.74, 6) is -0.796. The molecular weight excluding hydrogens is 484 g/mol. The van der Waals surface area contributed by atoms with Crippen LogP contribution >= 0.6 is 27.3 Å². The summed E-state index contributed by atoms with van der Waals surface area (Å²) >= 11 is 4.75. The summed E-state index contributed by atoms with van der Waals surface area (Å²) in [7, 11) is 1.30. The fourth-order valence-electron chi connectivity index (χ4n) is 2.75. The van der Waals surface area contributed by atoms with E-state index >= 15 is 0 Å². The number of pyridine rings is 1. The number of esters is 2. The average Bonchev–Trinajstić information content (AvgIpc) is 3.13. The van der Waals surface area contributed by atoms with Crippen molar-refractivity contribution in [3.05, 3.63) is 63.7 Å². The van der Waals surface area contributed by atoms with E-state index in [-0.39, 0.29) is 23.8 Å². The molecule has 0 bridgehead atoms. The number of rotatable bonds is 9. The number of methoxy groups -OCH3 is 1. The van der Waals surface area contributed by atoms with Gasteiger partial charge in [0.15, 0.2) is 17.2 Å². The van der Waals surface area contributed by atoms with E-state index in [1.165, 1.54) is 18.4 Å². The second-order valence-electron chi connectivity index (χ2n) is 6.28. The van der Waals surface area contributed by atoms with Gasteiger partial charge in [-0.05, 0) is 52.2 Å². The van der Waals surface area contributed by atoms with Crippen LogP contribution < -0.4 is 10.1 Å². The maximum atomic E-state index is 12.3. The van der Waals surface area contributed by atoms with Crippen molar-refractivity contribution in [2.75, 3.05) is 25.6 Å². The highest BCUT2D eigenvalue weighted by Crippen LogP contribution is 2.46. The minimum absolute atomic E-state index is 0.251. The molecule has 0 aliphatic rings. The van der Waals surface area contributed by atoms with Crippen molar-refractivity contribution in [1.29, 1.82) is 0 Å². The number of carbonyl (C=O) groups is 2. The average molecular weight is 505 g/mol. The zero-order valence-corrected chi connectivity index (χ0v) is 19.4. The van der Waals surface area contributed by atoms with E-state index in [0.717, 1.165) is 21.7 Å². The van der Waals surface area contributed by atoms with Gasteiger partial charge >= 0.3 is 11.9 Å². The summed E-state index contributed by atoms with van der Waals surface area (Å²) in [6.45, 7) is 2.29. The van der Waals surface area contributed by atoms with Crippen LogP contribution in [0.1, 0.15) is 22.2 Å². The summed E-state index contributed by atoms with van der Waals surface area (Å²) < 4.78 is 16.0. The lowest BCUT2D eigenvalue weighted by molar-refractivity contribution is -0.145. The van der Waals surface area contributed by atoms with Crippen molar-refractivity contribution in [2.24, 2.45) is 0 Å². The van der Waals surface area contributed by atoms with Crippen LogP contribution in [0.25, 0.3) is 10.4 Å². The Labute approximate surface area is 192 Å². The number of hydrogen-bond acceptors (Lipinski definition) is 8. The number of anilines is 1. The molecule has 0 radical (unpaired) electrons. The van der Waals surface area contributed by atoms with Crippen molar-refractivity contribution in [3.8, 4) is 16.2 Å². The Bertz CT molecular complexity index is 1060. The predicted octanol–water partition coefficient (Wildman–Crippen LogP) is 4.91. The van der Waals surface area contributed by atoms with Gasteiger partial charge in [-0.15, -0.1) is 11.3 Å². The molecule has 3 rings (SSSR count). The third kappa shape index (κ3) is 5.83. The van der Waals surface area contributed by atoms with Gasteiger partial charge in [-0.2, -0.15) is 0 Å². The van der Waals surface area contributed by atoms with Crippen molar-refractivity contribution >= 4 is 44.9 Å². The first-order valence-electron chi connectivity index (χ1n) is 9.45. The number of aromatic nitrogens is 1. The summed E-state index contributed by atoms with van der Waals surface area (Å²) in [5, 5.41) is 3.37. The molecule has 0 aliphatic heterocycles. The molecule has 0 saturated carbocycles. The minimum Gasteiger partial charge on any atom is -0.479 e. The number of benzene rings is 1. The predicted molar refractivity (Wildman–Crippen MR) is 122 cm³/mol. The number of ether oxygens (including phenoxy) is 3. The highest BCUT2D eigenvalue weighted by atomic mass is 79.9. The second-order valence-corrected chi connectivity index (χ2v) is 8.10. The Kier molecular flexibility index (Phi) is 8.02. The number of nitrogens with one attached hydrogen (secondary N) is 1. The highest BCUT2D eigenvalue weighted by Gasteiger charge is 2.25. The Morgan fingerprint density at radius 3 is 2.77 bits per heavy atom. The SMILES string of the molecule is CCOC(=O)COc1c(C(=O)OC)sc(-c2cccc(NCc3cccnc3)c2)c1Br. The van der Waals surface area contributed by atoms with Crippen molar-refractivity contribution < 1.29 is 23.8 Å². The number of carbonyl (C=O) groups excluding carboxylic acids is 2.